The van der Waals surface area contributed by atoms with Crippen LogP contribution in [-0.2, 0) is 26.1 Å². The molecule has 0 fully saturated rings. The van der Waals surface area contributed by atoms with Gasteiger partial charge in [-0.2, -0.15) is 0 Å². The molecule has 1 amide bonds. The van der Waals surface area contributed by atoms with E-state index in [4.69, 9.17) is 9.15 Å². The van der Waals surface area contributed by atoms with Crippen molar-refractivity contribution in [3.63, 3.8) is 0 Å². The highest BCUT2D eigenvalue weighted by atomic mass is 32.2. The van der Waals surface area contributed by atoms with Crippen molar-refractivity contribution in [3.8, 4) is 0 Å². The van der Waals surface area contributed by atoms with Gasteiger partial charge in [-0.3, -0.25) is 9.10 Å². The summed E-state index contributed by atoms with van der Waals surface area (Å²) < 4.78 is 35.1. The van der Waals surface area contributed by atoms with Crippen LogP contribution in [0.1, 0.15) is 23.0 Å². The molecule has 1 heterocycles. The molecule has 1 aromatic heterocycles. The molecule has 0 atom stereocenters. The van der Waals surface area contributed by atoms with Gasteiger partial charge in [-0.25, -0.2) is 13.2 Å². The highest BCUT2D eigenvalue weighted by Crippen LogP contribution is 2.18. The Morgan fingerprint density at radius 2 is 1.88 bits per heavy atom. The maximum atomic E-state index is 12.1. The molecule has 8 nitrogen and oxygen atoms in total. The second-order valence-corrected chi connectivity index (χ2v) is 7.30. The zero-order chi connectivity index (χ0) is 19.2. The minimum Gasteiger partial charge on any atom is -0.467 e. The summed E-state index contributed by atoms with van der Waals surface area (Å²) >= 11 is 0. The van der Waals surface area contributed by atoms with E-state index in [0.717, 1.165) is 10.6 Å². The predicted octanol–water partition coefficient (Wildman–Crippen LogP) is 1.54. The van der Waals surface area contributed by atoms with E-state index in [2.05, 4.69) is 5.32 Å². The monoisotopic (exact) mass is 380 g/mol. The molecule has 0 aliphatic heterocycles. The van der Waals surface area contributed by atoms with E-state index in [1.165, 1.54) is 30.5 Å². The van der Waals surface area contributed by atoms with Crippen LogP contribution in [0.3, 0.4) is 0 Å². The van der Waals surface area contributed by atoms with Gasteiger partial charge in [0, 0.05) is 0 Å². The van der Waals surface area contributed by atoms with Crippen LogP contribution < -0.4 is 9.62 Å². The zero-order valence-electron chi connectivity index (χ0n) is 14.5. The van der Waals surface area contributed by atoms with Crippen LogP contribution in [0.25, 0.3) is 0 Å². The van der Waals surface area contributed by atoms with E-state index in [9.17, 15) is 18.0 Å². The Bertz CT molecular complexity index is 844. The van der Waals surface area contributed by atoms with Crippen molar-refractivity contribution in [2.24, 2.45) is 0 Å². The molecule has 0 aliphatic rings. The van der Waals surface area contributed by atoms with E-state index in [1.807, 2.05) is 0 Å². The first-order valence-electron chi connectivity index (χ1n) is 7.85. The van der Waals surface area contributed by atoms with Crippen molar-refractivity contribution < 1.29 is 27.2 Å². The number of carbonyl (C=O) groups excluding carboxylic acids is 2. The Hall–Kier alpha value is -2.81. The van der Waals surface area contributed by atoms with Gasteiger partial charge >= 0.3 is 5.97 Å². The van der Waals surface area contributed by atoms with Gasteiger partial charge in [-0.1, -0.05) is 0 Å². The van der Waals surface area contributed by atoms with Crippen molar-refractivity contribution in [1.82, 2.24) is 5.32 Å². The summed E-state index contributed by atoms with van der Waals surface area (Å²) in [6.45, 7) is 1.70. The first-order chi connectivity index (χ1) is 12.3. The van der Waals surface area contributed by atoms with E-state index < -0.39 is 28.4 Å². The molecule has 2 aromatic rings. The Balaban J connectivity index is 2.09. The van der Waals surface area contributed by atoms with E-state index in [0.29, 0.717) is 11.3 Å². The number of esters is 1. The lowest BCUT2D eigenvalue weighted by atomic mass is 10.2. The molecule has 1 aromatic carbocycles. The van der Waals surface area contributed by atoms with Crippen LogP contribution in [0.5, 0.6) is 0 Å². The number of rotatable bonds is 8. The van der Waals surface area contributed by atoms with Gasteiger partial charge in [-0.15, -0.1) is 0 Å². The molecular weight excluding hydrogens is 360 g/mol. The molecule has 0 unspecified atom stereocenters. The quantitative estimate of drug-likeness (QED) is 0.697. The molecule has 0 bridgehead atoms. The molecule has 0 spiro atoms. The molecule has 0 saturated carbocycles. The number of nitrogens with zero attached hydrogens (tertiary/aromatic N) is 1. The predicted molar refractivity (Wildman–Crippen MR) is 95.1 cm³/mol. The number of hydrogen-bond acceptors (Lipinski definition) is 6. The standard InChI is InChI=1S/C17H20N2O6S/c1-3-24-17(21)13-6-8-14(9-7-13)19(26(2,22)23)12-16(20)18-11-15-5-4-10-25-15/h4-10H,3,11-12H2,1-2H3,(H,18,20). The zero-order valence-corrected chi connectivity index (χ0v) is 15.3. The lowest BCUT2D eigenvalue weighted by molar-refractivity contribution is -0.119. The van der Waals surface area contributed by atoms with Gasteiger partial charge in [0.05, 0.1) is 36.9 Å². The largest absolute Gasteiger partial charge is 0.467 e. The molecular formula is C17H20N2O6S. The van der Waals surface area contributed by atoms with Crippen molar-refractivity contribution >= 4 is 27.6 Å². The van der Waals surface area contributed by atoms with Crippen molar-refractivity contribution in [1.29, 1.82) is 0 Å². The van der Waals surface area contributed by atoms with Gasteiger partial charge in [0.25, 0.3) is 0 Å². The summed E-state index contributed by atoms with van der Waals surface area (Å²) in [6.07, 6.45) is 2.49. The summed E-state index contributed by atoms with van der Waals surface area (Å²) in [5.41, 5.74) is 0.569. The first-order valence-corrected chi connectivity index (χ1v) is 9.70. The topological polar surface area (TPSA) is 106 Å². The molecule has 9 heteroatoms. The number of benzene rings is 1. The van der Waals surface area contributed by atoms with Crippen LogP contribution in [-0.4, -0.2) is 39.7 Å². The van der Waals surface area contributed by atoms with Gasteiger partial charge in [-0.05, 0) is 43.3 Å². The second kappa shape index (κ2) is 8.52. The number of ether oxygens (including phenoxy) is 1. The Morgan fingerprint density at radius 1 is 1.19 bits per heavy atom. The summed E-state index contributed by atoms with van der Waals surface area (Å²) in [4.78, 5) is 23.8. The molecule has 1 N–H and O–H groups in total. The van der Waals surface area contributed by atoms with Gasteiger partial charge in [0.2, 0.25) is 15.9 Å². The Morgan fingerprint density at radius 3 is 2.42 bits per heavy atom. The average molecular weight is 380 g/mol. The number of anilines is 1. The second-order valence-electron chi connectivity index (χ2n) is 5.39. The molecule has 2 rings (SSSR count). The summed E-state index contributed by atoms with van der Waals surface area (Å²) in [5.74, 6) is -0.425. The molecule has 0 saturated heterocycles. The van der Waals surface area contributed by atoms with Crippen LogP contribution in [0.2, 0.25) is 0 Å². The van der Waals surface area contributed by atoms with Crippen LogP contribution >= 0.6 is 0 Å². The third kappa shape index (κ3) is 5.35. The van der Waals surface area contributed by atoms with Gasteiger partial charge in [0.1, 0.15) is 12.3 Å². The van der Waals surface area contributed by atoms with Crippen molar-refractivity contribution in [2.75, 3.05) is 23.7 Å². The SMILES string of the molecule is CCOC(=O)c1ccc(N(CC(=O)NCc2ccco2)S(C)(=O)=O)cc1. The maximum Gasteiger partial charge on any atom is 0.338 e. The number of amides is 1. The summed E-state index contributed by atoms with van der Waals surface area (Å²) in [7, 11) is -3.70. The molecule has 140 valence electrons. The minimum absolute atomic E-state index is 0.158. The number of nitrogens with one attached hydrogen (secondary N) is 1. The number of carbonyl (C=O) groups is 2. The third-order valence-corrected chi connectivity index (χ3v) is 4.53. The van der Waals surface area contributed by atoms with Crippen LogP contribution in [0.4, 0.5) is 5.69 Å². The minimum atomic E-state index is -3.70. The molecule has 0 radical (unpaired) electrons. The third-order valence-electron chi connectivity index (χ3n) is 3.39. The smallest absolute Gasteiger partial charge is 0.338 e. The summed E-state index contributed by atoms with van der Waals surface area (Å²) in [6, 6.07) is 9.19. The highest BCUT2D eigenvalue weighted by molar-refractivity contribution is 7.92. The maximum absolute atomic E-state index is 12.1. The highest BCUT2D eigenvalue weighted by Gasteiger charge is 2.21. The fraction of sp³-hybridized carbons (Fsp3) is 0.294. The fourth-order valence-electron chi connectivity index (χ4n) is 2.16. The van der Waals surface area contributed by atoms with Gasteiger partial charge < -0.3 is 14.5 Å². The average Bonchev–Trinajstić information content (AvgIpc) is 3.11. The number of furan rings is 1. The lowest BCUT2D eigenvalue weighted by Crippen LogP contribution is -2.40. The lowest BCUT2D eigenvalue weighted by Gasteiger charge is -2.22. The number of hydrogen-bond donors (Lipinski definition) is 1. The number of sulfonamides is 1. The fourth-order valence-corrected chi connectivity index (χ4v) is 3.02. The normalized spacial score (nSPS) is 11.0. The molecule has 0 aliphatic carbocycles. The first kappa shape index (κ1) is 19.5. The Kier molecular flexibility index (Phi) is 6.40. The van der Waals surface area contributed by atoms with Crippen molar-refractivity contribution in [2.45, 2.75) is 13.5 Å². The summed E-state index contributed by atoms with van der Waals surface area (Å²) in [5, 5.41) is 2.59. The van der Waals surface area contributed by atoms with Crippen molar-refractivity contribution in [3.05, 3.63) is 54.0 Å². The molecule has 26 heavy (non-hydrogen) atoms. The van der Waals surface area contributed by atoms with Crippen LogP contribution in [0, 0.1) is 0 Å². The van der Waals surface area contributed by atoms with E-state index in [-0.39, 0.29) is 18.8 Å². The van der Waals surface area contributed by atoms with Gasteiger partial charge in [0.15, 0.2) is 0 Å². The van der Waals surface area contributed by atoms with E-state index in [1.54, 1.807) is 19.1 Å². The Labute approximate surface area is 151 Å². The van der Waals surface area contributed by atoms with Crippen LogP contribution in [0.15, 0.2) is 47.1 Å². The van der Waals surface area contributed by atoms with E-state index >= 15 is 0 Å².